The molecule has 0 aliphatic carbocycles. The lowest BCUT2D eigenvalue weighted by atomic mass is 9.99. The monoisotopic (exact) mass is 276 g/mol. The first-order valence-electron chi connectivity index (χ1n) is 5.95. The summed E-state index contributed by atoms with van der Waals surface area (Å²) in [5, 5.41) is 16.8. The number of carbonyl (C=O) groups excluding carboxylic acids is 1. The second-order valence-electron chi connectivity index (χ2n) is 4.66. The molecule has 2 aromatic rings. The van der Waals surface area contributed by atoms with Crippen LogP contribution in [0.15, 0.2) is 35.2 Å². The van der Waals surface area contributed by atoms with Crippen molar-refractivity contribution in [2.75, 3.05) is 6.54 Å². The number of thiophene rings is 1. The largest absolute Gasteiger partial charge is 0.384 e. The van der Waals surface area contributed by atoms with E-state index in [4.69, 9.17) is 0 Å². The molecule has 1 atom stereocenters. The highest BCUT2D eigenvalue weighted by atomic mass is 32.1. The second-order valence-corrected chi connectivity index (χ2v) is 5.44. The number of aliphatic hydroxyl groups is 1. The lowest BCUT2D eigenvalue weighted by molar-refractivity contribution is 0.0530. The quantitative estimate of drug-likeness (QED) is 0.899. The minimum absolute atomic E-state index is 0.163. The third kappa shape index (κ3) is 3.39. The van der Waals surface area contributed by atoms with Crippen molar-refractivity contribution in [2.45, 2.75) is 19.4 Å². The highest BCUT2D eigenvalue weighted by molar-refractivity contribution is 7.08. The molecular weight excluding hydrogens is 260 g/mol. The minimum atomic E-state index is -1.06. The van der Waals surface area contributed by atoms with Gasteiger partial charge in [-0.25, -0.2) is 0 Å². The van der Waals surface area contributed by atoms with Crippen molar-refractivity contribution in [3.05, 3.63) is 52.0 Å². The predicted octanol–water partition coefficient (Wildman–Crippen LogP) is 2.09. The summed E-state index contributed by atoms with van der Waals surface area (Å²) in [6.07, 6.45) is 1.53. The molecule has 0 aliphatic heterocycles. The summed E-state index contributed by atoms with van der Waals surface area (Å²) >= 11 is 1.52. The highest BCUT2D eigenvalue weighted by Crippen LogP contribution is 2.22. The van der Waals surface area contributed by atoms with Crippen LogP contribution in [0.4, 0.5) is 0 Å². The number of amides is 1. The lowest BCUT2D eigenvalue weighted by Gasteiger charge is -2.22. The van der Waals surface area contributed by atoms with Gasteiger partial charge in [0.15, 0.2) is 0 Å². The molecule has 2 heterocycles. The fourth-order valence-electron chi connectivity index (χ4n) is 1.63. The van der Waals surface area contributed by atoms with Gasteiger partial charge in [-0.05, 0) is 48.4 Å². The molecule has 0 spiro atoms. The Hall–Kier alpha value is -1.72. The molecule has 0 fully saturated rings. The van der Waals surface area contributed by atoms with Crippen LogP contribution in [0.25, 0.3) is 0 Å². The number of hydrogen-bond donors (Lipinski definition) is 2. The summed E-state index contributed by atoms with van der Waals surface area (Å²) in [5.41, 5.74) is 1.10. The third-order valence-electron chi connectivity index (χ3n) is 2.91. The molecule has 0 bridgehead atoms. The third-order valence-corrected chi connectivity index (χ3v) is 3.59. The first-order valence-corrected chi connectivity index (χ1v) is 6.89. The van der Waals surface area contributed by atoms with Crippen LogP contribution in [0.1, 0.15) is 28.5 Å². The maximum atomic E-state index is 11.9. The molecule has 4 nitrogen and oxygen atoms in total. The van der Waals surface area contributed by atoms with Crippen molar-refractivity contribution in [3.63, 3.8) is 0 Å². The fraction of sp³-hybridized carbons (Fsp3) is 0.286. The van der Waals surface area contributed by atoms with Crippen LogP contribution in [0.3, 0.4) is 0 Å². The summed E-state index contributed by atoms with van der Waals surface area (Å²) < 4.78 is 0. The van der Waals surface area contributed by atoms with Gasteiger partial charge in [0.1, 0.15) is 5.60 Å². The Morgan fingerprint density at radius 3 is 2.84 bits per heavy atom. The van der Waals surface area contributed by atoms with Crippen molar-refractivity contribution in [1.29, 1.82) is 0 Å². The van der Waals surface area contributed by atoms with Crippen molar-refractivity contribution in [1.82, 2.24) is 10.3 Å². The molecule has 2 N–H and O–H groups in total. The summed E-state index contributed by atoms with van der Waals surface area (Å²) in [4.78, 5) is 16.0. The normalized spacial score (nSPS) is 13.8. The van der Waals surface area contributed by atoms with Crippen LogP contribution in [-0.2, 0) is 5.60 Å². The molecule has 0 saturated carbocycles. The van der Waals surface area contributed by atoms with Gasteiger partial charge in [-0.2, -0.15) is 11.3 Å². The molecule has 2 aromatic heterocycles. The summed E-state index contributed by atoms with van der Waals surface area (Å²) in [5.74, 6) is -0.233. The van der Waals surface area contributed by atoms with E-state index in [9.17, 15) is 9.90 Å². The van der Waals surface area contributed by atoms with E-state index in [0.29, 0.717) is 5.56 Å². The Labute approximate surface area is 116 Å². The van der Waals surface area contributed by atoms with Crippen molar-refractivity contribution in [3.8, 4) is 0 Å². The Kier molecular flexibility index (Phi) is 3.97. The number of aryl methyl sites for hydroxylation is 1. The molecule has 1 unspecified atom stereocenters. The number of hydrogen-bond acceptors (Lipinski definition) is 4. The van der Waals surface area contributed by atoms with Crippen LogP contribution in [0.5, 0.6) is 0 Å². The van der Waals surface area contributed by atoms with Crippen molar-refractivity contribution < 1.29 is 9.90 Å². The number of carbonyl (C=O) groups is 1. The van der Waals surface area contributed by atoms with E-state index in [2.05, 4.69) is 10.3 Å². The van der Waals surface area contributed by atoms with Crippen LogP contribution < -0.4 is 5.32 Å². The topological polar surface area (TPSA) is 62.2 Å². The summed E-state index contributed by atoms with van der Waals surface area (Å²) in [6.45, 7) is 3.71. The van der Waals surface area contributed by atoms with Crippen LogP contribution >= 0.6 is 11.3 Å². The number of aromatic nitrogens is 1. The van der Waals surface area contributed by atoms with Gasteiger partial charge in [0, 0.05) is 11.9 Å². The fourth-order valence-corrected chi connectivity index (χ4v) is 2.41. The summed E-state index contributed by atoms with van der Waals surface area (Å²) in [6, 6.07) is 5.35. The van der Waals surface area contributed by atoms with Gasteiger partial charge in [-0.3, -0.25) is 9.78 Å². The number of rotatable bonds is 4. The van der Waals surface area contributed by atoms with Gasteiger partial charge in [0.2, 0.25) is 0 Å². The first kappa shape index (κ1) is 13.7. The van der Waals surface area contributed by atoms with E-state index in [0.717, 1.165) is 11.3 Å². The van der Waals surface area contributed by atoms with Gasteiger partial charge in [0.25, 0.3) is 5.91 Å². The molecule has 0 aromatic carbocycles. The molecule has 0 aliphatic rings. The van der Waals surface area contributed by atoms with E-state index < -0.39 is 5.60 Å². The molecule has 0 saturated heterocycles. The molecule has 5 heteroatoms. The Bertz CT molecular complexity index is 547. The molecule has 19 heavy (non-hydrogen) atoms. The van der Waals surface area contributed by atoms with Gasteiger partial charge in [0.05, 0.1) is 12.1 Å². The maximum Gasteiger partial charge on any atom is 0.252 e. The summed E-state index contributed by atoms with van der Waals surface area (Å²) in [7, 11) is 0. The van der Waals surface area contributed by atoms with E-state index in [1.165, 1.54) is 17.5 Å². The predicted molar refractivity (Wildman–Crippen MR) is 75.2 cm³/mol. The average Bonchev–Trinajstić information content (AvgIpc) is 2.91. The zero-order valence-corrected chi connectivity index (χ0v) is 11.7. The van der Waals surface area contributed by atoms with E-state index in [1.807, 2.05) is 23.8 Å². The zero-order chi connectivity index (χ0) is 13.9. The van der Waals surface area contributed by atoms with E-state index >= 15 is 0 Å². The van der Waals surface area contributed by atoms with Crippen molar-refractivity contribution in [2.24, 2.45) is 0 Å². The maximum absolute atomic E-state index is 11.9. The van der Waals surface area contributed by atoms with Gasteiger partial charge >= 0.3 is 0 Å². The van der Waals surface area contributed by atoms with Gasteiger partial charge < -0.3 is 10.4 Å². The molecule has 1 amide bonds. The van der Waals surface area contributed by atoms with E-state index in [-0.39, 0.29) is 12.5 Å². The number of pyridine rings is 1. The number of nitrogens with one attached hydrogen (secondary N) is 1. The van der Waals surface area contributed by atoms with Gasteiger partial charge in [-0.1, -0.05) is 0 Å². The van der Waals surface area contributed by atoms with Crippen LogP contribution in [0.2, 0.25) is 0 Å². The Morgan fingerprint density at radius 1 is 1.47 bits per heavy atom. The molecule has 100 valence electrons. The smallest absolute Gasteiger partial charge is 0.252 e. The molecule has 0 radical (unpaired) electrons. The molecule has 2 rings (SSSR count). The minimum Gasteiger partial charge on any atom is -0.384 e. The zero-order valence-electron chi connectivity index (χ0n) is 10.9. The van der Waals surface area contributed by atoms with Crippen LogP contribution in [0, 0.1) is 6.92 Å². The lowest BCUT2D eigenvalue weighted by Crippen LogP contribution is -2.38. The number of nitrogens with zero attached hydrogens (tertiary/aromatic N) is 1. The average molecular weight is 276 g/mol. The standard InChI is InChI=1S/C14H16N2O2S/c1-10-3-4-11(7-15-10)13(17)16-9-14(2,18)12-5-6-19-8-12/h3-8,18H,9H2,1-2H3,(H,16,17). The first-order chi connectivity index (χ1) is 8.99. The Balaban J connectivity index is 1.99. The van der Waals surface area contributed by atoms with Gasteiger partial charge in [-0.15, -0.1) is 0 Å². The highest BCUT2D eigenvalue weighted by Gasteiger charge is 2.24. The Morgan fingerprint density at radius 2 is 2.26 bits per heavy atom. The van der Waals surface area contributed by atoms with Crippen molar-refractivity contribution >= 4 is 17.2 Å². The van der Waals surface area contributed by atoms with E-state index in [1.54, 1.807) is 19.1 Å². The van der Waals surface area contributed by atoms with Crippen LogP contribution in [-0.4, -0.2) is 22.5 Å². The molecular formula is C14H16N2O2S. The second kappa shape index (κ2) is 5.50. The SMILES string of the molecule is Cc1ccc(C(=O)NCC(C)(O)c2ccsc2)cn1.